The first-order chi connectivity index (χ1) is 25.3. The Kier molecular flexibility index (Phi) is 6.09. The maximum Gasteiger partial charge on any atom is 0.0545 e. The van der Waals surface area contributed by atoms with Crippen LogP contribution in [0.25, 0.3) is 97.4 Å². The lowest BCUT2D eigenvalue weighted by Crippen LogP contribution is -1.93. The van der Waals surface area contributed by atoms with Crippen LogP contribution in [0.2, 0.25) is 0 Å². The van der Waals surface area contributed by atoms with Crippen LogP contribution < -0.4 is 0 Å². The van der Waals surface area contributed by atoms with E-state index < -0.39 is 0 Å². The van der Waals surface area contributed by atoms with Gasteiger partial charge in [0.2, 0.25) is 0 Å². The average Bonchev–Trinajstić information content (AvgIpc) is 3.86. The molecule has 0 aliphatic rings. The summed E-state index contributed by atoms with van der Waals surface area (Å²) in [4.78, 5) is 9.62. The third-order valence-corrected chi connectivity index (χ3v) is 11.5. The molecule has 6 aromatic carbocycles. The van der Waals surface area contributed by atoms with E-state index in [2.05, 4.69) is 155 Å². The Morgan fingerprint density at radius 3 is 1.49 bits per heavy atom. The number of hydrogen-bond donors (Lipinski definition) is 0. The number of pyridine rings is 2. The highest BCUT2D eigenvalue weighted by atomic mass is 32.1. The summed E-state index contributed by atoms with van der Waals surface area (Å²) in [6.07, 6.45) is 8.07. The van der Waals surface area contributed by atoms with Crippen molar-refractivity contribution in [2.75, 3.05) is 0 Å². The molecular weight excluding hydrogens is 641 g/mol. The van der Waals surface area contributed by atoms with Crippen molar-refractivity contribution < 1.29 is 0 Å². The van der Waals surface area contributed by atoms with Gasteiger partial charge in [0.25, 0.3) is 0 Å². The van der Waals surface area contributed by atoms with E-state index in [1.807, 2.05) is 24.8 Å². The molecule has 5 heterocycles. The van der Waals surface area contributed by atoms with E-state index in [-0.39, 0.29) is 0 Å². The van der Waals surface area contributed by atoms with E-state index in [0.29, 0.717) is 0 Å². The van der Waals surface area contributed by atoms with Crippen LogP contribution in [-0.4, -0.2) is 19.1 Å². The minimum Gasteiger partial charge on any atom is -0.309 e. The minimum atomic E-state index is 1.12. The Morgan fingerprint density at radius 1 is 0.392 bits per heavy atom. The van der Waals surface area contributed by atoms with Gasteiger partial charge in [-0.05, 0) is 71.8 Å². The summed E-state index contributed by atoms with van der Waals surface area (Å²) in [5.74, 6) is 0. The number of nitrogens with zero attached hydrogens (tertiary/aromatic N) is 4. The molecule has 5 aromatic heterocycles. The number of fused-ring (bicyclic) bond motifs is 9. The zero-order chi connectivity index (χ0) is 33.5. The maximum absolute atomic E-state index is 4.85. The normalized spacial score (nSPS) is 11.9. The van der Waals surface area contributed by atoms with Gasteiger partial charge in [-0.25, -0.2) is 0 Å². The first-order valence-corrected chi connectivity index (χ1v) is 18.0. The van der Waals surface area contributed by atoms with Crippen LogP contribution in [0, 0.1) is 0 Å². The third-order valence-electron chi connectivity index (χ3n) is 10.3. The lowest BCUT2D eigenvalue weighted by molar-refractivity contribution is 1.18. The topological polar surface area (TPSA) is 35.6 Å². The van der Waals surface area contributed by atoms with Crippen molar-refractivity contribution in [1.82, 2.24) is 19.1 Å². The van der Waals surface area contributed by atoms with Crippen LogP contribution in [0.5, 0.6) is 0 Å². The standard InChI is InChI=1S/C46H28N4S/c1-3-11-31(12-4-1)49-40-17-9-7-15-33(40)35-23-29(19-21-42(35)49)37-25-48-28-44-45(37)39-27-47-26-38(46(39)51-44)30-20-22-43-36(24-30)34-16-8-10-18-41(34)50(43)32-13-5-2-6-14-32/h1-28H. The molecule has 0 atom stereocenters. The zero-order valence-electron chi connectivity index (χ0n) is 27.4. The second-order valence-corrected chi connectivity index (χ2v) is 14.1. The zero-order valence-corrected chi connectivity index (χ0v) is 28.2. The molecule has 0 radical (unpaired) electrons. The quantitative estimate of drug-likeness (QED) is 0.187. The molecule has 4 nitrogen and oxygen atoms in total. The van der Waals surface area contributed by atoms with E-state index in [1.54, 1.807) is 11.3 Å². The molecule has 5 heteroatoms. The predicted octanol–water partition coefficient (Wildman–Crippen LogP) is 12.4. The lowest BCUT2D eigenvalue weighted by Gasteiger charge is -2.09. The summed E-state index contributed by atoms with van der Waals surface area (Å²) >= 11 is 1.80. The Hall–Kier alpha value is -6.56. The molecule has 11 aromatic rings. The van der Waals surface area contributed by atoms with Gasteiger partial charge in [-0.15, -0.1) is 11.3 Å². The highest BCUT2D eigenvalue weighted by Crippen LogP contribution is 2.45. The van der Waals surface area contributed by atoms with E-state index in [9.17, 15) is 0 Å². The van der Waals surface area contributed by atoms with Crippen molar-refractivity contribution in [2.24, 2.45) is 0 Å². The molecule has 0 unspecified atom stereocenters. The van der Waals surface area contributed by atoms with Crippen molar-refractivity contribution in [3.05, 3.63) is 170 Å². The van der Waals surface area contributed by atoms with E-state index in [0.717, 1.165) is 43.7 Å². The first kappa shape index (κ1) is 28.3. The number of aromatic nitrogens is 4. The van der Waals surface area contributed by atoms with Crippen molar-refractivity contribution in [3.8, 4) is 33.6 Å². The Morgan fingerprint density at radius 2 is 0.882 bits per heavy atom. The third kappa shape index (κ3) is 4.19. The second-order valence-electron chi connectivity index (χ2n) is 13.1. The fourth-order valence-corrected chi connectivity index (χ4v) is 9.26. The largest absolute Gasteiger partial charge is 0.309 e. The summed E-state index contributed by atoms with van der Waals surface area (Å²) in [7, 11) is 0. The van der Waals surface area contributed by atoms with E-state index >= 15 is 0 Å². The van der Waals surface area contributed by atoms with Gasteiger partial charge >= 0.3 is 0 Å². The summed E-state index contributed by atoms with van der Waals surface area (Å²) in [6, 6.07) is 52.3. The number of benzene rings is 6. The van der Waals surface area contributed by atoms with Gasteiger partial charge < -0.3 is 9.13 Å². The highest BCUT2D eigenvalue weighted by molar-refractivity contribution is 7.26. The van der Waals surface area contributed by atoms with Crippen molar-refractivity contribution in [3.63, 3.8) is 0 Å². The summed E-state index contributed by atoms with van der Waals surface area (Å²) in [5, 5.41) is 7.29. The summed E-state index contributed by atoms with van der Waals surface area (Å²) in [5.41, 5.74) is 11.7. The Bertz CT molecular complexity index is 3130. The number of thiophene rings is 1. The second kappa shape index (κ2) is 11.0. The number of para-hydroxylation sites is 4. The molecule has 11 rings (SSSR count). The van der Waals surface area contributed by atoms with Gasteiger partial charge in [0.1, 0.15) is 0 Å². The van der Waals surface area contributed by atoms with Gasteiger partial charge in [-0.1, -0.05) is 84.9 Å². The van der Waals surface area contributed by atoms with Crippen LogP contribution in [-0.2, 0) is 0 Å². The minimum absolute atomic E-state index is 1.12. The summed E-state index contributed by atoms with van der Waals surface area (Å²) < 4.78 is 7.10. The van der Waals surface area contributed by atoms with Crippen LogP contribution in [0.3, 0.4) is 0 Å². The van der Waals surface area contributed by atoms with E-state index in [4.69, 9.17) is 9.97 Å². The number of hydrogen-bond acceptors (Lipinski definition) is 3. The van der Waals surface area contributed by atoms with Gasteiger partial charge in [-0.2, -0.15) is 0 Å². The molecule has 0 amide bonds. The van der Waals surface area contributed by atoms with Crippen LogP contribution in [0.1, 0.15) is 0 Å². The smallest absolute Gasteiger partial charge is 0.0545 e. The highest BCUT2D eigenvalue weighted by Gasteiger charge is 2.19. The molecule has 51 heavy (non-hydrogen) atoms. The Labute approximate surface area is 297 Å². The fourth-order valence-electron chi connectivity index (χ4n) is 8.06. The predicted molar refractivity (Wildman–Crippen MR) is 214 cm³/mol. The molecule has 0 saturated carbocycles. The molecule has 0 saturated heterocycles. The maximum atomic E-state index is 4.85. The lowest BCUT2D eigenvalue weighted by atomic mass is 9.98. The SMILES string of the molecule is c1ccc(-n2c3ccccc3c3cc(-c4cncc5c4sc4cncc(-c6ccc7c(c6)c6ccccc6n7-c6ccccc6)c45)ccc32)cc1. The van der Waals surface area contributed by atoms with Crippen molar-refractivity contribution >= 4 is 75.1 Å². The number of rotatable bonds is 4. The average molecular weight is 669 g/mol. The van der Waals surface area contributed by atoms with E-state index in [1.165, 1.54) is 53.7 Å². The first-order valence-electron chi connectivity index (χ1n) is 17.1. The van der Waals surface area contributed by atoms with Crippen molar-refractivity contribution in [2.45, 2.75) is 0 Å². The molecule has 0 aliphatic heterocycles. The van der Waals surface area contributed by atoms with Gasteiger partial charge in [-0.3, -0.25) is 9.97 Å². The monoisotopic (exact) mass is 668 g/mol. The molecule has 0 aliphatic carbocycles. The van der Waals surface area contributed by atoms with Gasteiger partial charge in [0.05, 0.1) is 26.8 Å². The fraction of sp³-hybridized carbons (Fsp3) is 0. The van der Waals surface area contributed by atoms with Gasteiger partial charge in [0, 0.05) is 84.3 Å². The molecule has 0 bridgehead atoms. The molecular formula is C46H28N4S. The molecule has 238 valence electrons. The molecule has 0 N–H and O–H groups in total. The summed E-state index contributed by atoms with van der Waals surface area (Å²) in [6.45, 7) is 0. The van der Waals surface area contributed by atoms with Crippen LogP contribution in [0.15, 0.2) is 170 Å². The van der Waals surface area contributed by atoms with Crippen molar-refractivity contribution in [1.29, 1.82) is 0 Å². The van der Waals surface area contributed by atoms with Crippen LogP contribution in [0.4, 0.5) is 0 Å². The van der Waals surface area contributed by atoms with Crippen LogP contribution >= 0.6 is 11.3 Å². The molecule has 0 spiro atoms. The molecule has 0 fully saturated rings. The Balaban J connectivity index is 1.10. The van der Waals surface area contributed by atoms with Gasteiger partial charge in [0.15, 0.2) is 0 Å².